The van der Waals surface area contributed by atoms with Gasteiger partial charge in [0.25, 0.3) is 0 Å². The van der Waals surface area contributed by atoms with Crippen LogP contribution in [0.3, 0.4) is 0 Å². The predicted molar refractivity (Wildman–Crippen MR) is 92.0 cm³/mol. The molecule has 1 aliphatic carbocycles. The number of amides is 1. The first-order valence-electron chi connectivity index (χ1n) is 8.79. The van der Waals surface area contributed by atoms with Crippen molar-refractivity contribution in [3.63, 3.8) is 0 Å². The van der Waals surface area contributed by atoms with Crippen LogP contribution < -0.4 is 10.6 Å². The molecular formula is C18H36N2O2. The maximum atomic E-state index is 11.8. The molecule has 0 aliphatic heterocycles. The van der Waals surface area contributed by atoms with E-state index in [0.29, 0.717) is 23.8 Å². The molecule has 0 bridgehead atoms. The third-order valence-corrected chi connectivity index (χ3v) is 4.62. The summed E-state index contributed by atoms with van der Waals surface area (Å²) in [5, 5.41) is 6.54. The van der Waals surface area contributed by atoms with Crippen LogP contribution in [-0.4, -0.2) is 31.3 Å². The Hall–Kier alpha value is -0.770. The average Bonchev–Trinajstić information content (AvgIpc) is 2.78. The number of nitrogens with one attached hydrogen (secondary N) is 2. The van der Waals surface area contributed by atoms with Crippen LogP contribution in [0.15, 0.2) is 0 Å². The number of hydrogen-bond acceptors (Lipinski definition) is 3. The van der Waals surface area contributed by atoms with E-state index in [1.165, 1.54) is 25.7 Å². The third kappa shape index (κ3) is 7.48. The molecule has 0 radical (unpaired) electrons. The van der Waals surface area contributed by atoms with Gasteiger partial charge in [-0.15, -0.1) is 0 Å². The number of carbonyl (C=O) groups excluding carboxylic acids is 1. The highest BCUT2D eigenvalue weighted by molar-refractivity contribution is 5.67. The first-order chi connectivity index (χ1) is 10.1. The van der Waals surface area contributed by atoms with Crippen molar-refractivity contribution in [3.8, 4) is 0 Å². The molecule has 0 spiro atoms. The van der Waals surface area contributed by atoms with Crippen molar-refractivity contribution in [1.29, 1.82) is 0 Å². The number of ether oxygens (including phenoxy) is 1. The number of alkyl carbamates (subject to hydrolysis) is 1. The summed E-state index contributed by atoms with van der Waals surface area (Å²) in [6, 6.07) is 0. The minimum Gasteiger partial charge on any atom is -0.444 e. The Labute approximate surface area is 136 Å². The molecule has 0 aromatic rings. The zero-order valence-corrected chi connectivity index (χ0v) is 15.4. The van der Waals surface area contributed by atoms with E-state index in [4.69, 9.17) is 4.74 Å². The van der Waals surface area contributed by atoms with Gasteiger partial charge in [0.2, 0.25) is 0 Å². The van der Waals surface area contributed by atoms with Crippen LogP contribution in [0, 0.1) is 17.3 Å². The van der Waals surface area contributed by atoms with E-state index in [2.05, 4.69) is 31.4 Å². The van der Waals surface area contributed by atoms with E-state index in [9.17, 15) is 4.79 Å². The molecule has 1 rings (SSSR count). The van der Waals surface area contributed by atoms with Crippen molar-refractivity contribution in [2.75, 3.05) is 19.6 Å². The lowest BCUT2D eigenvalue weighted by Gasteiger charge is -2.28. The fourth-order valence-electron chi connectivity index (χ4n) is 3.04. The van der Waals surface area contributed by atoms with Gasteiger partial charge in [-0.1, -0.05) is 33.6 Å². The summed E-state index contributed by atoms with van der Waals surface area (Å²) in [6.07, 6.45) is 5.09. The molecular weight excluding hydrogens is 276 g/mol. The fraction of sp³-hybridized carbons (Fsp3) is 0.944. The summed E-state index contributed by atoms with van der Waals surface area (Å²) in [6.45, 7) is 15.2. The molecule has 130 valence electrons. The summed E-state index contributed by atoms with van der Waals surface area (Å²) in [5.74, 6) is 0.955. The Morgan fingerprint density at radius 2 is 1.77 bits per heavy atom. The fourth-order valence-corrected chi connectivity index (χ4v) is 3.04. The van der Waals surface area contributed by atoms with Crippen LogP contribution >= 0.6 is 0 Å². The van der Waals surface area contributed by atoms with Gasteiger partial charge in [-0.05, 0) is 57.4 Å². The van der Waals surface area contributed by atoms with Crippen molar-refractivity contribution in [2.24, 2.45) is 17.3 Å². The summed E-state index contributed by atoms with van der Waals surface area (Å²) in [5.41, 5.74) is 0.0346. The van der Waals surface area contributed by atoms with Crippen molar-refractivity contribution in [1.82, 2.24) is 10.6 Å². The van der Waals surface area contributed by atoms with Gasteiger partial charge in [-0.3, -0.25) is 0 Å². The quantitative estimate of drug-likeness (QED) is 0.748. The molecule has 1 fully saturated rings. The van der Waals surface area contributed by atoms with Crippen LogP contribution in [0.25, 0.3) is 0 Å². The standard InChI is InChI=1S/C18H36N2O2/c1-14(2)15(12-20-16(21)22-17(3,4)5)11-19-13-18(6)9-7-8-10-18/h14-15,19H,7-13H2,1-6H3,(H,20,21). The van der Waals surface area contributed by atoms with Gasteiger partial charge >= 0.3 is 6.09 Å². The predicted octanol–water partition coefficient (Wildman–Crippen LogP) is 3.95. The molecule has 1 saturated carbocycles. The van der Waals surface area contributed by atoms with E-state index < -0.39 is 5.60 Å². The number of hydrogen-bond donors (Lipinski definition) is 2. The highest BCUT2D eigenvalue weighted by atomic mass is 16.6. The molecule has 0 saturated heterocycles. The second kappa shape index (κ2) is 8.19. The molecule has 22 heavy (non-hydrogen) atoms. The zero-order valence-electron chi connectivity index (χ0n) is 15.4. The van der Waals surface area contributed by atoms with Crippen LogP contribution in [-0.2, 0) is 4.74 Å². The SMILES string of the molecule is CC(C)C(CNCC1(C)CCCC1)CNC(=O)OC(C)(C)C. The lowest BCUT2D eigenvalue weighted by molar-refractivity contribution is 0.0514. The molecule has 1 atom stereocenters. The smallest absolute Gasteiger partial charge is 0.407 e. The second-order valence-electron chi connectivity index (χ2n) is 8.54. The minimum absolute atomic E-state index is 0.319. The van der Waals surface area contributed by atoms with E-state index >= 15 is 0 Å². The van der Waals surface area contributed by atoms with Crippen LogP contribution in [0.2, 0.25) is 0 Å². The molecule has 0 heterocycles. The summed E-state index contributed by atoms with van der Waals surface area (Å²) >= 11 is 0. The highest BCUT2D eigenvalue weighted by Crippen LogP contribution is 2.36. The van der Waals surface area contributed by atoms with Crippen molar-refractivity contribution in [3.05, 3.63) is 0 Å². The number of rotatable bonds is 7. The van der Waals surface area contributed by atoms with Gasteiger partial charge in [0.1, 0.15) is 5.60 Å². The van der Waals surface area contributed by atoms with E-state index in [1.54, 1.807) is 0 Å². The van der Waals surface area contributed by atoms with Crippen molar-refractivity contribution in [2.45, 2.75) is 72.8 Å². The molecule has 2 N–H and O–H groups in total. The molecule has 0 aromatic carbocycles. The van der Waals surface area contributed by atoms with Crippen molar-refractivity contribution < 1.29 is 9.53 Å². The van der Waals surface area contributed by atoms with E-state index in [0.717, 1.165) is 13.1 Å². The van der Waals surface area contributed by atoms with E-state index in [-0.39, 0.29) is 6.09 Å². The van der Waals surface area contributed by atoms with Gasteiger partial charge < -0.3 is 15.4 Å². The lowest BCUT2D eigenvalue weighted by atomic mass is 9.88. The average molecular weight is 312 g/mol. The molecule has 4 heteroatoms. The summed E-state index contributed by atoms with van der Waals surface area (Å²) in [4.78, 5) is 11.8. The monoisotopic (exact) mass is 312 g/mol. The van der Waals surface area contributed by atoms with Gasteiger partial charge in [0, 0.05) is 13.1 Å². The van der Waals surface area contributed by atoms with Gasteiger partial charge in [-0.25, -0.2) is 4.79 Å². The van der Waals surface area contributed by atoms with Crippen LogP contribution in [0.4, 0.5) is 4.79 Å². The first-order valence-corrected chi connectivity index (χ1v) is 8.79. The minimum atomic E-state index is -0.438. The zero-order chi connectivity index (χ0) is 16.8. The Morgan fingerprint density at radius 1 is 1.18 bits per heavy atom. The molecule has 0 aromatic heterocycles. The van der Waals surface area contributed by atoms with Crippen molar-refractivity contribution >= 4 is 6.09 Å². The van der Waals surface area contributed by atoms with Crippen LogP contribution in [0.1, 0.15) is 67.2 Å². The largest absolute Gasteiger partial charge is 0.444 e. The highest BCUT2D eigenvalue weighted by Gasteiger charge is 2.28. The van der Waals surface area contributed by atoms with Crippen LogP contribution in [0.5, 0.6) is 0 Å². The van der Waals surface area contributed by atoms with Gasteiger partial charge in [-0.2, -0.15) is 0 Å². The number of carbonyl (C=O) groups is 1. The Kier molecular flexibility index (Phi) is 7.17. The molecule has 1 aliphatic rings. The Bertz CT molecular complexity index is 341. The lowest BCUT2D eigenvalue weighted by Crippen LogP contribution is -2.41. The maximum Gasteiger partial charge on any atom is 0.407 e. The summed E-state index contributed by atoms with van der Waals surface area (Å²) in [7, 11) is 0. The van der Waals surface area contributed by atoms with Gasteiger partial charge in [0.15, 0.2) is 0 Å². The van der Waals surface area contributed by atoms with E-state index in [1.807, 2.05) is 20.8 Å². The molecule has 1 amide bonds. The van der Waals surface area contributed by atoms with Gasteiger partial charge in [0.05, 0.1) is 0 Å². The third-order valence-electron chi connectivity index (χ3n) is 4.62. The molecule has 1 unspecified atom stereocenters. The summed E-state index contributed by atoms with van der Waals surface area (Å²) < 4.78 is 5.30. The topological polar surface area (TPSA) is 50.4 Å². The molecule has 4 nitrogen and oxygen atoms in total. The Morgan fingerprint density at radius 3 is 2.27 bits per heavy atom. The maximum absolute atomic E-state index is 11.8. The Balaban J connectivity index is 2.31. The second-order valence-corrected chi connectivity index (χ2v) is 8.54. The normalized spacial score (nSPS) is 19.2. The first kappa shape index (κ1) is 19.3.